The van der Waals surface area contributed by atoms with Gasteiger partial charge in [0.2, 0.25) is 0 Å². The van der Waals surface area contributed by atoms with E-state index in [-0.39, 0.29) is 5.41 Å². The average molecular weight is 291 g/mol. The van der Waals surface area contributed by atoms with Crippen LogP contribution in [0, 0.1) is 0 Å². The number of unbranched alkanes of at least 4 members (excludes halogenated alkanes) is 1. The molecule has 0 aromatic heterocycles. The molecular weight excluding hydrogens is 262 g/mol. The quantitative estimate of drug-likeness (QED) is 0.503. The summed E-state index contributed by atoms with van der Waals surface area (Å²) >= 11 is 0. The molecule has 0 unspecified atom stereocenters. The highest BCUT2D eigenvalue weighted by Crippen LogP contribution is 2.29. The van der Waals surface area contributed by atoms with Crippen LogP contribution in [0.25, 0.3) is 0 Å². The van der Waals surface area contributed by atoms with Crippen molar-refractivity contribution in [2.45, 2.75) is 45.4 Å². The van der Waals surface area contributed by atoms with Crippen molar-refractivity contribution in [1.29, 1.82) is 0 Å². The van der Waals surface area contributed by atoms with E-state index in [1.54, 1.807) is 7.11 Å². The Labute approximate surface area is 129 Å². The van der Waals surface area contributed by atoms with Crippen LogP contribution in [0.5, 0.6) is 5.75 Å². The second kappa shape index (κ2) is 8.83. The maximum Gasteiger partial charge on any atom is 0.119 e. The minimum atomic E-state index is 0.0978. The minimum Gasteiger partial charge on any atom is -0.494 e. The normalized spacial score (nSPS) is 12.5. The molecule has 0 saturated carbocycles. The maximum atomic E-state index is 5.74. The Kier molecular flexibility index (Phi) is 7.44. The van der Waals surface area contributed by atoms with Crippen molar-refractivity contribution in [2.75, 3.05) is 27.4 Å². The molecular formula is C18H29NO2. The smallest absolute Gasteiger partial charge is 0.119 e. The Bertz CT molecular complexity index is 435. The van der Waals surface area contributed by atoms with Gasteiger partial charge in [0.05, 0.1) is 6.61 Å². The number of rotatable bonds is 9. The highest BCUT2D eigenvalue weighted by atomic mass is 16.5. The Morgan fingerprint density at radius 2 is 1.71 bits per heavy atom. The molecule has 0 saturated heterocycles. The molecule has 0 amide bonds. The molecule has 0 aliphatic rings. The largest absolute Gasteiger partial charge is 0.494 e. The van der Waals surface area contributed by atoms with Crippen LogP contribution in [0.15, 0.2) is 29.3 Å². The molecule has 0 spiro atoms. The Morgan fingerprint density at radius 3 is 2.29 bits per heavy atom. The minimum absolute atomic E-state index is 0.0978. The number of hydrogen-bond donors (Lipinski definition) is 0. The summed E-state index contributed by atoms with van der Waals surface area (Å²) in [7, 11) is 3.58. The summed E-state index contributed by atoms with van der Waals surface area (Å²) in [5.74, 6) is 0.938. The van der Waals surface area contributed by atoms with Gasteiger partial charge in [0.25, 0.3) is 0 Å². The molecule has 0 fully saturated rings. The van der Waals surface area contributed by atoms with Crippen molar-refractivity contribution in [1.82, 2.24) is 0 Å². The van der Waals surface area contributed by atoms with Gasteiger partial charge in [-0.25, -0.2) is 0 Å². The number of benzene rings is 1. The topological polar surface area (TPSA) is 30.8 Å². The molecule has 0 heterocycles. The van der Waals surface area contributed by atoms with Crippen LogP contribution in [-0.2, 0) is 10.2 Å². The third kappa shape index (κ3) is 6.30. The van der Waals surface area contributed by atoms with Gasteiger partial charge in [-0.2, -0.15) is 0 Å². The molecule has 0 aliphatic carbocycles. The summed E-state index contributed by atoms with van der Waals surface area (Å²) in [4.78, 5) is 4.26. The van der Waals surface area contributed by atoms with Gasteiger partial charge in [-0.15, -0.1) is 0 Å². The fourth-order valence-corrected chi connectivity index (χ4v) is 2.36. The molecule has 0 N–H and O–H groups in total. The third-order valence-corrected chi connectivity index (χ3v) is 3.73. The third-order valence-electron chi connectivity index (χ3n) is 3.73. The lowest BCUT2D eigenvalue weighted by Gasteiger charge is -2.25. The number of hydrogen-bond acceptors (Lipinski definition) is 3. The molecule has 1 rings (SSSR count). The van der Waals surface area contributed by atoms with E-state index >= 15 is 0 Å². The van der Waals surface area contributed by atoms with Crippen molar-refractivity contribution >= 4 is 5.71 Å². The van der Waals surface area contributed by atoms with Crippen LogP contribution >= 0.6 is 0 Å². The predicted octanol–water partition coefficient (Wildman–Crippen LogP) is 4.25. The molecule has 3 nitrogen and oxygen atoms in total. The van der Waals surface area contributed by atoms with Gasteiger partial charge in [-0.3, -0.25) is 4.99 Å². The zero-order valence-corrected chi connectivity index (χ0v) is 14.1. The van der Waals surface area contributed by atoms with E-state index in [4.69, 9.17) is 9.47 Å². The summed E-state index contributed by atoms with van der Waals surface area (Å²) < 4.78 is 10.8. The van der Waals surface area contributed by atoms with E-state index in [1.807, 2.05) is 7.05 Å². The van der Waals surface area contributed by atoms with E-state index in [0.29, 0.717) is 0 Å². The number of methoxy groups -OCH3 is 1. The number of aliphatic imine (C=N–C) groups is 1. The van der Waals surface area contributed by atoms with Gasteiger partial charge < -0.3 is 9.47 Å². The van der Waals surface area contributed by atoms with Crippen LogP contribution < -0.4 is 4.74 Å². The van der Waals surface area contributed by atoms with Crippen molar-refractivity contribution in [2.24, 2.45) is 4.99 Å². The summed E-state index contributed by atoms with van der Waals surface area (Å²) in [6.07, 6.45) is 3.03. The lowest BCUT2D eigenvalue weighted by Crippen LogP contribution is -2.20. The van der Waals surface area contributed by atoms with Gasteiger partial charge >= 0.3 is 0 Å². The van der Waals surface area contributed by atoms with E-state index < -0.39 is 0 Å². The highest BCUT2D eigenvalue weighted by Gasteiger charge is 2.21. The summed E-state index contributed by atoms with van der Waals surface area (Å²) in [6.45, 7) is 8.13. The second-order valence-corrected chi connectivity index (χ2v) is 6.09. The fraction of sp³-hybridized carbons (Fsp3) is 0.611. The van der Waals surface area contributed by atoms with Crippen LogP contribution in [0.4, 0.5) is 0 Å². The Hall–Kier alpha value is -1.35. The zero-order valence-electron chi connectivity index (χ0n) is 14.1. The first kappa shape index (κ1) is 17.7. The molecule has 3 heteroatoms. The van der Waals surface area contributed by atoms with Crippen molar-refractivity contribution in [3.63, 3.8) is 0 Å². The monoisotopic (exact) mass is 291 g/mol. The van der Waals surface area contributed by atoms with E-state index in [2.05, 4.69) is 50.0 Å². The Morgan fingerprint density at radius 1 is 1.10 bits per heavy atom. The van der Waals surface area contributed by atoms with Crippen molar-refractivity contribution < 1.29 is 9.47 Å². The second-order valence-electron chi connectivity index (χ2n) is 6.09. The average Bonchev–Trinajstić information content (AvgIpc) is 2.47. The molecule has 1 aromatic rings. The van der Waals surface area contributed by atoms with Gasteiger partial charge in [-0.05, 0) is 49.3 Å². The molecule has 0 radical (unpaired) electrons. The fourth-order valence-electron chi connectivity index (χ4n) is 2.36. The molecule has 0 atom stereocenters. The summed E-state index contributed by atoms with van der Waals surface area (Å²) in [6, 6.07) is 8.44. The zero-order chi connectivity index (χ0) is 15.7. The molecule has 0 bridgehead atoms. The molecule has 21 heavy (non-hydrogen) atoms. The lowest BCUT2D eigenvalue weighted by atomic mass is 9.80. The first-order chi connectivity index (χ1) is 9.99. The van der Waals surface area contributed by atoms with Crippen LogP contribution in [0.3, 0.4) is 0 Å². The molecule has 0 aliphatic heterocycles. The van der Waals surface area contributed by atoms with Gasteiger partial charge in [0.15, 0.2) is 0 Å². The lowest BCUT2D eigenvalue weighted by molar-refractivity contribution is 0.184. The summed E-state index contributed by atoms with van der Waals surface area (Å²) in [5, 5.41) is 0. The van der Waals surface area contributed by atoms with Gasteiger partial charge in [0, 0.05) is 26.5 Å². The van der Waals surface area contributed by atoms with Gasteiger partial charge in [0.1, 0.15) is 5.75 Å². The van der Waals surface area contributed by atoms with Gasteiger partial charge in [-0.1, -0.05) is 26.0 Å². The predicted molar refractivity (Wildman–Crippen MR) is 89.7 cm³/mol. The van der Waals surface area contributed by atoms with E-state index in [9.17, 15) is 0 Å². The number of ether oxygens (including phenoxy) is 2. The first-order valence-corrected chi connectivity index (χ1v) is 7.64. The molecule has 1 aromatic carbocycles. The highest BCUT2D eigenvalue weighted by molar-refractivity contribution is 5.83. The Balaban J connectivity index is 2.53. The van der Waals surface area contributed by atoms with E-state index in [0.717, 1.165) is 38.2 Å². The standard InChI is InChI=1S/C18H29NO2/c1-15(19-4)14-18(2,3)16-8-10-17(11-9-16)21-13-7-6-12-20-5/h8-11H,6-7,12-14H2,1-5H3. The summed E-state index contributed by atoms with van der Waals surface area (Å²) in [5.41, 5.74) is 2.59. The maximum absolute atomic E-state index is 5.74. The van der Waals surface area contributed by atoms with Crippen LogP contribution in [0.2, 0.25) is 0 Å². The van der Waals surface area contributed by atoms with E-state index in [1.165, 1.54) is 11.3 Å². The first-order valence-electron chi connectivity index (χ1n) is 7.64. The number of nitrogens with zero attached hydrogens (tertiary/aromatic N) is 1. The molecule has 118 valence electrons. The van der Waals surface area contributed by atoms with Crippen LogP contribution in [0.1, 0.15) is 45.6 Å². The van der Waals surface area contributed by atoms with Crippen molar-refractivity contribution in [3.8, 4) is 5.75 Å². The van der Waals surface area contributed by atoms with Crippen LogP contribution in [-0.4, -0.2) is 33.1 Å². The van der Waals surface area contributed by atoms with Crippen molar-refractivity contribution in [3.05, 3.63) is 29.8 Å². The SMILES string of the molecule is CN=C(C)CC(C)(C)c1ccc(OCCCCOC)cc1.